The van der Waals surface area contributed by atoms with Crippen molar-refractivity contribution in [3.63, 3.8) is 0 Å². The molecule has 0 radical (unpaired) electrons. The van der Waals surface area contributed by atoms with Crippen LogP contribution in [-0.2, 0) is 4.79 Å². The van der Waals surface area contributed by atoms with E-state index in [0.717, 1.165) is 11.3 Å². The highest BCUT2D eigenvalue weighted by atomic mass is 35.5. The minimum Gasteiger partial charge on any atom is -0.325 e. The SMILES string of the molecule is CCC(C)C1NC(=O)N(c2ccc(Cl)c(Cl)c2)C1=O. The monoisotopic (exact) mass is 300 g/mol. The first-order valence-corrected chi connectivity index (χ1v) is 6.80. The summed E-state index contributed by atoms with van der Waals surface area (Å²) in [4.78, 5) is 25.3. The number of halogens is 2. The van der Waals surface area contributed by atoms with Crippen LogP contribution in [0.2, 0.25) is 10.0 Å². The molecule has 1 aromatic rings. The third kappa shape index (κ3) is 2.55. The van der Waals surface area contributed by atoms with E-state index in [9.17, 15) is 9.59 Å². The van der Waals surface area contributed by atoms with E-state index in [0.29, 0.717) is 15.7 Å². The minimum absolute atomic E-state index is 0.0872. The molecule has 1 aliphatic heterocycles. The van der Waals surface area contributed by atoms with Gasteiger partial charge in [-0.2, -0.15) is 0 Å². The molecule has 4 nitrogen and oxygen atoms in total. The average Bonchev–Trinajstić information content (AvgIpc) is 2.68. The Morgan fingerprint density at radius 2 is 2.00 bits per heavy atom. The second-order valence-corrected chi connectivity index (χ2v) is 5.40. The maximum absolute atomic E-state index is 12.3. The Bertz CT molecular complexity index is 533. The van der Waals surface area contributed by atoms with E-state index in [-0.39, 0.29) is 11.8 Å². The summed E-state index contributed by atoms with van der Waals surface area (Å²) in [6.07, 6.45) is 0.811. The summed E-state index contributed by atoms with van der Waals surface area (Å²) in [5.41, 5.74) is 0.433. The second-order valence-electron chi connectivity index (χ2n) is 4.58. The molecule has 0 aromatic heterocycles. The zero-order valence-corrected chi connectivity index (χ0v) is 12.1. The van der Waals surface area contributed by atoms with Crippen molar-refractivity contribution in [1.29, 1.82) is 0 Å². The number of anilines is 1. The molecular formula is C13H14Cl2N2O2. The lowest BCUT2D eigenvalue weighted by molar-refractivity contribution is -0.119. The zero-order valence-electron chi connectivity index (χ0n) is 10.6. The first-order chi connectivity index (χ1) is 8.95. The standard InChI is InChI=1S/C13H14Cl2N2O2/c1-3-7(2)11-12(18)17(13(19)16-11)8-4-5-9(14)10(15)6-8/h4-7,11H,3H2,1-2H3,(H,16,19). The molecule has 0 bridgehead atoms. The third-order valence-electron chi connectivity index (χ3n) is 3.34. The highest BCUT2D eigenvalue weighted by Gasteiger charge is 2.41. The van der Waals surface area contributed by atoms with Gasteiger partial charge in [0.2, 0.25) is 0 Å². The number of carbonyl (C=O) groups is 2. The number of hydrogen-bond acceptors (Lipinski definition) is 2. The molecule has 1 saturated heterocycles. The van der Waals surface area contributed by atoms with Gasteiger partial charge in [-0.3, -0.25) is 4.79 Å². The summed E-state index contributed by atoms with van der Waals surface area (Å²) in [6.45, 7) is 3.91. The predicted octanol–water partition coefficient (Wildman–Crippen LogP) is 3.46. The van der Waals surface area contributed by atoms with Crippen molar-refractivity contribution in [3.8, 4) is 0 Å². The van der Waals surface area contributed by atoms with Gasteiger partial charge in [0.15, 0.2) is 0 Å². The number of nitrogens with zero attached hydrogens (tertiary/aromatic N) is 1. The number of amides is 3. The van der Waals surface area contributed by atoms with Gasteiger partial charge in [-0.05, 0) is 24.1 Å². The number of nitrogens with one attached hydrogen (secondary N) is 1. The lowest BCUT2D eigenvalue weighted by atomic mass is 9.99. The zero-order chi connectivity index (χ0) is 14.2. The van der Waals surface area contributed by atoms with Gasteiger partial charge >= 0.3 is 6.03 Å². The number of benzene rings is 1. The van der Waals surface area contributed by atoms with Gasteiger partial charge in [-0.1, -0.05) is 43.5 Å². The summed E-state index contributed by atoms with van der Waals surface area (Å²) in [6, 6.07) is 3.78. The number of urea groups is 1. The first-order valence-electron chi connectivity index (χ1n) is 6.05. The molecule has 3 amide bonds. The van der Waals surface area contributed by atoms with Gasteiger partial charge in [-0.15, -0.1) is 0 Å². The van der Waals surface area contributed by atoms with Crippen LogP contribution in [0.15, 0.2) is 18.2 Å². The van der Waals surface area contributed by atoms with Crippen molar-refractivity contribution in [2.45, 2.75) is 26.3 Å². The van der Waals surface area contributed by atoms with E-state index in [4.69, 9.17) is 23.2 Å². The maximum Gasteiger partial charge on any atom is 0.329 e. The van der Waals surface area contributed by atoms with Gasteiger partial charge in [0.25, 0.3) is 5.91 Å². The molecule has 1 aliphatic rings. The van der Waals surface area contributed by atoms with Gasteiger partial charge in [0, 0.05) is 0 Å². The molecule has 6 heteroatoms. The van der Waals surface area contributed by atoms with E-state index in [1.54, 1.807) is 12.1 Å². The minimum atomic E-state index is -0.480. The predicted molar refractivity (Wildman–Crippen MR) is 75.7 cm³/mol. The summed E-state index contributed by atoms with van der Waals surface area (Å²) in [7, 11) is 0. The molecule has 0 saturated carbocycles. The van der Waals surface area contributed by atoms with Crippen LogP contribution in [0, 0.1) is 5.92 Å². The lowest BCUT2D eigenvalue weighted by Crippen LogP contribution is -2.35. The second kappa shape index (κ2) is 5.39. The Morgan fingerprint density at radius 1 is 1.32 bits per heavy atom. The molecule has 2 atom stereocenters. The molecule has 0 spiro atoms. The van der Waals surface area contributed by atoms with Crippen LogP contribution in [0.5, 0.6) is 0 Å². The van der Waals surface area contributed by atoms with Gasteiger partial charge < -0.3 is 5.32 Å². The molecule has 19 heavy (non-hydrogen) atoms. The Labute approximate surface area is 121 Å². The highest BCUT2D eigenvalue weighted by Crippen LogP contribution is 2.30. The molecule has 102 valence electrons. The van der Waals surface area contributed by atoms with E-state index >= 15 is 0 Å². The maximum atomic E-state index is 12.3. The molecule has 1 heterocycles. The summed E-state index contributed by atoms with van der Waals surface area (Å²) < 4.78 is 0. The highest BCUT2D eigenvalue weighted by molar-refractivity contribution is 6.42. The fraction of sp³-hybridized carbons (Fsp3) is 0.385. The fourth-order valence-corrected chi connectivity index (χ4v) is 2.28. The van der Waals surface area contributed by atoms with E-state index < -0.39 is 12.1 Å². The number of carbonyl (C=O) groups excluding carboxylic acids is 2. The van der Waals surface area contributed by atoms with Crippen molar-refractivity contribution in [1.82, 2.24) is 5.32 Å². The molecule has 1 N–H and O–H groups in total. The summed E-state index contributed by atoms with van der Waals surface area (Å²) >= 11 is 11.7. The molecular weight excluding hydrogens is 287 g/mol. The van der Waals surface area contributed by atoms with Gasteiger partial charge in [-0.25, -0.2) is 9.69 Å². The number of imide groups is 1. The van der Waals surface area contributed by atoms with Crippen LogP contribution in [0.1, 0.15) is 20.3 Å². The molecule has 2 unspecified atom stereocenters. The average molecular weight is 301 g/mol. The topological polar surface area (TPSA) is 49.4 Å². The van der Waals surface area contributed by atoms with Crippen molar-refractivity contribution < 1.29 is 9.59 Å². The van der Waals surface area contributed by atoms with Crippen molar-refractivity contribution in [2.75, 3.05) is 4.90 Å². The molecule has 1 aromatic carbocycles. The first kappa shape index (κ1) is 14.2. The smallest absolute Gasteiger partial charge is 0.325 e. The Morgan fingerprint density at radius 3 is 2.58 bits per heavy atom. The fourth-order valence-electron chi connectivity index (χ4n) is 1.99. The summed E-state index contributed by atoms with van der Waals surface area (Å²) in [5.74, 6) is -0.165. The van der Waals surface area contributed by atoms with E-state index in [1.807, 2.05) is 13.8 Å². The Kier molecular flexibility index (Phi) is 4.02. The van der Waals surface area contributed by atoms with Gasteiger partial charge in [0.05, 0.1) is 15.7 Å². The van der Waals surface area contributed by atoms with Crippen LogP contribution in [0.3, 0.4) is 0 Å². The number of hydrogen-bond donors (Lipinski definition) is 1. The van der Waals surface area contributed by atoms with Crippen LogP contribution in [0.4, 0.5) is 10.5 Å². The third-order valence-corrected chi connectivity index (χ3v) is 4.08. The van der Waals surface area contributed by atoms with Gasteiger partial charge in [0.1, 0.15) is 6.04 Å². The van der Waals surface area contributed by atoms with Crippen LogP contribution in [0.25, 0.3) is 0 Å². The van der Waals surface area contributed by atoms with Crippen molar-refractivity contribution in [2.24, 2.45) is 5.92 Å². The summed E-state index contributed by atoms with van der Waals surface area (Å²) in [5, 5.41) is 3.40. The van der Waals surface area contributed by atoms with E-state index in [1.165, 1.54) is 6.07 Å². The van der Waals surface area contributed by atoms with Crippen LogP contribution in [-0.4, -0.2) is 18.0 Å². The van der Waals surface area contributed by atoms with Crippen LogP contribution >= 0.6 is 23.2 Å². The molecule has 2 rings (SSSR count). The normalized spacial score (nSPS) is 20.6. The van der Waals surface area contributed by atoms with Crippen LogP contribution < -0.4 is 10.2 Å². The van der Waals surface area contributed by atoms with Crippen molar-refractivity contribution in [3.05, 3.63) is 28.2 Å². The molecule has 0 aliphatic carbocycles. The largest absolute Gasteiger partial charge is 0.329 e. The number of rotatable bonds is 3. The van der Waals surface area contributed by atoms with Crippen molar-refractivity contribution >= 4 is 40.8 Å². The lowest BCUT2D eigenvalue weighted by Gasteiger charge is -2.16. The quantitative estimate of drug-likeness (QED) is 0.869. The molecule has 1 fully saturated rings. The van der Waals surface area contributed by atoms with E-state index in [2.05, 4.69) is 5.32 Å². The Hall–Kier alpha value is -1.26. The Balaban J connectivity index is 2.32.